The lowest BCUT2D eigenvalue weighted by molar-refractivity contribution is 0.0777. The summed E-state index contributed by atoms with van der Waals surface area (Å²) in [4.78, 5) is 19.1. The molecule has 0 radical (unpaired) electrons. The van der Waals surface area contributed by atoms with E-state index in [0.29, 0.717) is 18.8 Å². The molecule has 2 aromatic heterocycles. The Morgan fingerprint density at radius 1 is 1.21 bits per heavy atom. The number of aromatic amines is 1. The van der Waals surface area contributed by atoms with Gasteiger partial charge in [-0.05, 0) is 18.2 Å². The van der Waals surface area contributed by atoms with Crippen LogP contribution in [0.1, 0.15) is 22.1 Å². The maximum Gasteiger partial charge on any atom is 0.275 e. The van der Waals surface area contributed by atoms with Gasteiger partial charge in [0.05, 0.1) is 5.52 Å². The first-order chi connectivity index (χ1) is 11.8. The largest absolute Gasteiger partial charge is 0.396 e. The molecule has 24 heavy (non-hydrogen) atoms. The van der Waals surface area contributed by atoms with Crippen LogP contribution in [0.4, 0.5) is 0 Å². The Labute approximate surface area is 139 Å². The number of hydrogen-bond donors (Lipinski definition) is 2. The molecule has 122 valence electrons. The molecule has 0 aliphatic carbocycles. The number of amides is 1. The Hall–Kier alpha value is -2.73. The monoisotopic (exact) mass is 322 g/mol. The van der Waals surface area contributed by atoms with Crippen LogP contribution in [0.5, 0.6) is 0 Å². The van der Waals surface area contributed by atoms with Crippen molar-refractivity contribution in [1.82, 2.24) is 20.1 Å². The average molecular weight is 322 g/mol. The second-order valence-corrected chi connectivity index (χ2v) is 6.13. The molecule has 1 aliphatic rings. The number of likely N-dealkylation sites (tertiary alicyclic amines) is 1. The number of benzene rings is 1. The van der Waals surface area contributed by atoms with E-state index in [0.717, 1.165) is 16.6 Å². The summed E-state index contributed by atoms with van der Waals surface area (Å²) in [6.07, 6.45) is 1.75. The van der Waals surface area contributed by atoms with Gasteiger partial charge in [0.15, 0.2) is 5.69 Å². The third kappa shape index (κ3) is 2.45. The summed E-state index contributed by atoms with van der Waals surface area (Å²) in [5, 5.41) is 17.6. The number of pyridine rings is 1. The number of para-hydroxylation sites is 1. The van der Waals surface area contributed by atoms with Gasteiger partial charge in [-0.15, -0.1) is 0 Å². The predicted octanol–water partition coefficient (Wildman–Crippen LogP) is 1.81. The second-order valence-electron chi connectivity index (χ2n) is 6.13. The molecule has 1 saturated heterocycles. The molecule has 0 unspecified atom stereocenters. The third-order valence-corrected chi connectivity index (χ3v) is 4.70. The molecular formula is C18H18N4O2. The minimum atomic E-state index is -0.107. The van der Waals surface area contributed by atoms with E-state index in [1.54, 1.807) is 11.1 Å². The number of aromatic nitrogens is 3. The van der Waals surface area contributed by atoms with E-state index in [1.807, 2.05) is 42.5 Å². The number of nitrogens with one attached hydrogen (secondary N) is 1. The second kappa shape index (κ2) is 6.05. The Morgan fingerprint density at radius 2 is 2.04 bits per heavy atom. The van der Waals surface area contributed by atoms with Crippen molar-refractivity contribution in [3.05, 3.63) is 60.0 Å². The molecule has 4 rings (SSSR count). The van der Waals surface area contributed by atoms with Crippen LogP contribution in [0.2, 0.25) is 0 Å². The van der Waals surface area contributed by atoms with Crippen LogP contribution in [-0.4, -0.2) is 50.8 Å². The van der Waals surface area contributed by atoms with E-state index in [2.05, 4.69) is 15.2 Å². The van der Waals surface area contributed by atoms with Gasteiger partial charge >= 0.3 is 0 Å². The number of fused-ring (bicyclic) bond motifs is 1. The zero-order valence-corrected chi connectivity index (χ0v) is 13.1. The zero-order chi connectivity index (χ0) is 16.5. The van der Waals surface area contributed by atoms with Gasteiger partial charge < -0.3 is 10.0 Å². The maximum absolute atomic E-state index is 12.9. The Balaban J connectivity index is 1.62. The highest BCUT2D eigenvalue weighted by Crippen LogP contribution is 2.32. The molecule has 1 aliphatic heterocycles. The number of nitrogens with zero attached hydrogens (tertiary/aromatic N) is 3. The van der Waals surface area contributed by atoms with E-state index in [9.17, 15) is 9.90 Å². The molecule has 3 heterocycles. The standard InChI is InChI=1S/C18H18N4O2/c23-11-12-9-22(10-14(12)15-6-3-4-8-19-15)18(24)17-13-5-1-2-7-16(13)20-21-17/h1-8,12,14,23H,9-11H2,(H,20,21)/t12-,14+/m0/s1. The van der Waals surface area contributed by atoms with Crippen molar-refractivity contribution in [2.75, 3.05) is 19.7 Å². The number of rotatable bonds is 3. The molecule has 3 aromatic rings. The highest BCUT2D eigenvalue weighted by Gasteiger charge is 2.37. The summed E-state index contributed by atoms with van der Waals surface area (Å²) in [5.74, 6) is -0.0660. The first-order valence-corrected chi connectivity index (χ1v) is 8.02. The molecular weight excluding hydrogens is 304 g/mol. The summed E-state index contributed by atoms with van der Waals surface area (Å²) < 4.78 is 0. The Bertz CT molecular complexity index is 862. The zero-order valence-electron chi connectivity index (χ0n) is 13.1. The summed E-state index contributed by atoms with van der Waals surface area (Å²) in [7, 11) is 0. The van der Waals surface area contributed by atoms with Crippen LogP contribution in [0.25, 0.3) is 10.9 Å². The van der Waals surface area contributed by atoms with Crippen LogP contribution in [0.3, 0.4) is 0 Å². The van der Waals surface area contributed by atoms with Crippen LogP contribution in [-0.2, 0) is 0 Å². The topological polar surface area (TPSA) is 82.1 Å². The normalized spacial score (nSPS) is 20.6. The van der Waals surface area contributed by atoms with E-state index in [1.165, 1.54) is 0 Å². The molecule has 1 aromatic carbocycles. The van der Waals surface area contributed by atoms with Gasteiger partial charge in [0.25, 0.3) is 5.91 Å². The van der Waals surface area contributed by atoms with Crippen LogP contribution in [0, 0.1) is 5.92 Å². The van der Waals surface area contributed by atoms with Gasteiger partial charge in [-0.2, -0.15) is 5.10 Å². The number of aliphatic hydroxyl groups excluding tert-OH is 1. The molecule has 6 heteroatoms. The molecule has 1 fully saturated rings. The van der Waals surface area contributed by atoms with Crippen molar-refractivity contribution in [2.45, 2.75) is 5.92 Å². The lowest BCUT2D eigenvalue weighted by Gasteiger charge is -2.15. The first-order valence-electron chi connectivity index (χ1n) is 8.02. The molecule has 0 bridgehead atoms. The minimum absolute atomic E-state index is 0.00550. The molecule has 1 amide bonds. The lowest BCUT2D eigenvalue weighted by atomic mass is 9.93. The van der Waals surface area contributed by atoms with Gasteiger partial charge in [-0.3, -0.25) is 14.9 Å². The SMILES string of the molecule is O=C(c1n[nH]c2ccccc12)N1C[C@@H](CO)[C@H](c2ccccn2)C1. The predicted molar refractivity (Wildman–Crippen MR) is 89.6 cm³/mol. The number of aliphatic hydroxyl groups is 1. The molecule has 2 atom stereocenters. The van der Waals surface area contributed by atoms with Crippen molar-refractivity contribution in [1.29, 1.82) is 0 Å². The van der Waals surface area contributed by atoms with Gasteiger partial charge in [0.1, 0.15) is 0 Å². The fraction of sp³-hybridized carbons (Fsp3) is 0.278. The van der Waals surface area contributed by atoms with Gasteiger partial charge in [0, 0.05) is 48.8 Å². The van der Waals surface area contributed by atoms with Crippen molar-refractivity contribution >= 4 is 16.8 Å². The van der Waals surface area contributed by atoms with E-state index in [4.69, 9.17) is 0 Å². The molecule has 0 saturated carbocycles. The highest BCUT2D eigenvalue weighted by atomic mass is 16.3. The summed E-state index contributed by atoms with van der Waals surface area (Å²) in [6, 6.07) is 13.3. The van der Waals surface area contributed by atoms with Crippen molar-refractivity contribution in [3.63, 3.8) is 0 Å². The van der Waals surface area contributed by atoms with Crippen molar-refractivity contribution < 1.29 is 9.90 Å². The van der Waals surface area contributed by atoms with Crippen molar-refractivity contribution in [3.8, 4) is 0 Å². The number of carbonyl (C=O) groups is 1. The van der Waals surface area contributed by atoms with Crippen LogP contribution >= 0.6 is 0 Å². The number of H-pyrrole nitrogens is 1. The summed E-state index contributed by atoms with van der Waals surface area (Å²) >= 11 is 0. The highest BCUT2D eigenvalue weighted by molar-refractivity contribution is 6.04. The number of hydrogen-bond acceptors (Lipinski definition) is 4. The summed E-state index contributed by atoms with van der Waals surface area (Å²) in [5.41, 5.74) is 2.20. The Kier molecular flexibility index (Phi) is 3.74. The van der Waals surface area contributed by atoms with Crippen LogP contribution < -0.4 is 0 Å². The number of carbonyl (C=O) groups excluding carboxylic acids is 1. The van der Waals surface area contributed by atoms with Gasteiger partial charge in [0.2, 0.25) is 0 Å². The van der Waals surface area contributed by atoms with Gasteiger partial charge in [-0.1, -0.05) is 24.3 Å². The molecule has 0 spiro atoms. The molecule has 2 N–H and O–H groups in total. The fourth-order valence-corrected chi connectivity index (χ4v) is 3.43. The van der Waals surface area contributed by atoms with E-state index >= 15 is 0 Å². The van der Waals surface area contributed by atoms with E-state index in [-0.39, 0.29) is 24.3 Å². The van der Waals surface area contributed by atoms with Gasteiger partial charge in [-0.25, -0.2) is 0 Å². The Morgan fingerprint density at radius 3 is 2.83 bits per heavy atom. The lowest BCUT2D eigenvalue weighted by Crippen LogP contribution is -2.29. The first kappa shape index (κ1) is 14.8. The quantitative estimate of drug-likeness (QED) is 0.770. The fourth-order valence-electron chi connectivity index (χ4n) is 3.43. The third-order valence-electron chi connectivity index (χ3n) is 4.70. The van der Waals surface area contributed by atoms with Crippen LogP contribution in [0.15, 0.2) is 48.7 Å². The van der Waals surface area contributed by atoms with E-state index < -0.39 is 0 Å². The van der Waals surface area contributed by atoms with Crippen molar-refractivity contribution in [2.24, 2.45) is 5.92 Å². The minimum Gasteiger partial charge on any atom is -0.396 e. The summed E-state index contributed by atoms with van der Waals surface area (Å²) in [6.45, 7) is 1.09. The average Bonchev–Trinajstić information content (AvgIpc) is 3.26. The molecule has 6 nitrogen and oxygen atoms in total. The smallest absolute Gasteiger partial charge is 0.275 e. The maximum atomic E-state index is 12.9.